The van der Waals surface area contributed by atoms with Crippen molar-refractivity contribution in [2.24, 2.45) is 0 Å². The summed E-state index contributed by atoms with van der Waals surface area (Å²) in [6, 6.07) is -0.101. The van der Waals surface area contributed by atoms with Gasteiger partial charge in [0.2, 0.25) is 0 Å². The van der Waals surface area contributed by atoms with Crippen LogP contribution in [0.3, 0.4) is 0 Å². The van der Waals surface area contributed by atoms with E-state index in [4.69, 9.17) is 4.74 Å². The van der Waals surface area contributed by atoms with Crippen molar-refractivity contribution < 1.29 is 19.4 Å². The molecule has 6 heteroatoms. The van der Waals surface area contributed by atoms with E-state index in [1.807, 2.05) is 0 Å². The maximum absolute atomic E-state index is 11.7. The highest BCUT2D eigenvalue weighted by Gasteiger charge is 2.41. The molecule has 1 heterocycles. The molecular formula is C11H20N2O4. The predicted octanol–water partition coefficient (Wildman–Crippen LogP) is 0.0580. The summed E-state index contributed by atoms with van der Waals surface area (Å²) < 4.78 is 4.82. The number of rotatable bonds is 2. The van der Waals surface area contributed by atoms with Gasteiger partial charge in [-0.1, -0.05) is 0 Å². The Balaban J connectivity index is 2.55. The van der Waals surface area contributed by atoms with E-state index >= 15 is 0 Å². The smallest absolute Gasteiger partial charge is 0.338 e. The van der Waals surface area contributed by atoms with Gasteiger partial charge in [-0.3, -0.25) is 0 Å². The minimum absolute atomic E-state index is 0.101. The minimum Gasteiger partial charge on any atom is -0.464 e. The third-order valence-corrected chi connectivity index (χ3v) is 2.90. The van der Waals surface area contributed by atoms with Gasteiger partial charge in [-0.15, -0.1) is 0 Å². The van der Waals surface area contributed by atoms with Crippen LogP contribution < -0.4 is 0 Å². The standard InChI is InChI=1S/C11H20N2O4/c1-4-17-9(14)11(16)5-7-13(8-6-11)10(15)12(2)3/h16H,4-8H2,1-3H3. The number of nitrogens with zero attached hydrogens (tertiary/aromatic N) is 2. The topological polar surface area (TPSA) is 70.1 Å². The number of ether oxygens (including phenoxy) is 1. The van der Waals surface area contributed by atoms with Gasteiger partial charge in [0.1, 0.15) is 0 Å². The van der Waals surface area contributed by atoms with Crippen LogP contribution in [0, 0.1) is 0 Å². The Morgan fingerprint density at radius 3 is 2.29 bits per heavy atom. The van der Waals surface area contributed by atoms with E-state index < -0.39 is 11.6 Å². The average Bonchev–Trinajstić information content (AvgIpc) is 2.29. The Morgan fingerprint density at radius 2 is 1.88 bits per heavy atom. The van der Waals surface area contributed by atoms with Crippen LogP contribution in [-0.2, 0) is 9.53 Å². The SMILES string of the molecule is CCOC(=O)C1(O)CCN(C(=O)N(C)C)CC1. The fourth-order valence-electron chi connectivity index (χ4n) is 1.82. The Hall–Kier alpha value is -1.30. The summed E-state index contributed by atoms with van der Waals surface area (Å²) in [5, 5.41) is 10.1. The molecule has 0 aromatic rings. The van der Waals surface area contributed by atoms with E-state index in [2.05, 4.69) is 0 Å². The van der Waals surface area contributed by atoms with Gasteiger partial charge in [-0.25, -0.2) is 9.59 Å². The summed E-state index contributed by atoms with van der Waals surface area (Å²) in [7, 11) is 3.35. The van der Waals surface area contributed by atoms with Gasteiger partial charge in [-0.2, -0.15) is 0 Å². The first-order valence-corrected chi connectivity index (χ1v) is 5.76. The Bertz CT molecular complexity index is 296. The first-order chi connectivity index (χ1) is 7.90. The monoisotopic (exact) mass is 244 g/mol. The zero-order valence-electron chi connectivity index (χ0n) is 10.6. The fourth-order valence-corrected chi connectivity index (χ4v) is 1.82. The maximum Gasteiger partial charge on any atom is 0.338 e. The lowest BCUT2D eigenvalue weighted by Crippen LogP contribution is -2.53. The Labute approximate surface area is 101 Å². The lowest BCUT2D eigenvalue weighted by atomic mass is 9.92. The zero-order valence-corrected chi connectivity index (χ0v) is 10.6. The van der Waals surface area contributed by atoms with Crippen LogP contribution in [0.25, 0.3) is 0 Å². The lowest BCUT2D eigenvalue weighted by Gasteiger charge is -2.37. The molecule has 17 heavy (non-hydrogen) atoms. The highest BCUT2D eigenvalue weighted by Crippen LogP contribution is 2.24. The lowest BCUT2D eigenvalue weighted by molar-refractivity contribution is -0.169. The van der Waals surface area contributed by atoms with E-state index in [-0.39, 0.29) is 25.5 Å². The molecule has 0 atom stereocenters. The Morgan fingerprint density at radius 1 is 1.35 bits per heavy atom. The second kappa shape index (κ2) is 5.35. The molecule has 0 spiro atoms. The summed E-state index contributed by atoms with van der Waals surface area (Å²) >= 11 is 0. The number of carbonyl (C=O) groups is 2. The van der Waals surface area contributed by atoms with Crippen molar-refractivity contribution in [3.63, 3.8) is 0 Å². The molecule has 1 N–H and O–H groups in total. The molecule has 1 saturated heterocycles. The predicted molar refractivity (Wildman–Crippen MR) is 61.5 cm³/mol. The molecule has 1 rings (SSSR count). The van der Waals surface area contributed by atoms with Crippen LogP contribution in [0.15, 0.2) is 0 Å². The van der Waals surface area contributed by atoms with E-state index in [9.17, 15) is 14.7 Å². The fraction of sp³-hybridized carbons (Fsp3) is 0.818. The van der Waals surface area contributed by atoms with E-state index in [0.717, 1.165) is 0 Å². The van der Waals surface area contributed by atoms with Crippen LogP contribution in [-0.4, -0.2) is 66.3 Å². The number of urea groups is 1. The van der Waals surface area contributed by atoms with E-state index in [1.165, 1.54) is 4.90 Å². The van der Waals surface area contributed by atoms with Crippen LogP contribution in [0.1, 0.15) is 19.8 Å². The summed E-state index contributed by atoms with van der Waals surface area (Å²) in [5.41, 5.74) is -1.43. The average molecular weight is 244 g/mol. The second-order valence-corrected chi connectivity index (χ2v) is 4.42. The third-order valence-electron chi connectivity index (χ3n) is 2.90. The molecular weight excluding hydrogens is 224 g/mol. The maximum atomic E-state index is 11.7. The number of aliphatic hydroxyl groups is 1. The van der Waals surface area contributed by atoms with Gasteiger partial charge < -0.3 is 19.6 Å². The number of amides is 2. The molecule has 0 saturated carbocycles. The number of likely N-dealkylation sites (tertiary alicyclic amines) is 1. The molecule has 6 nitrogen and oxygen atoms in total. The van der Waals surface area contributed by atoms with Crippen molar-refractivity contribution in [2.75, 3.05) is 33.8 Å². The molecule has 98 valence electrons. The highest BCUT2D eigenvalue weighted by molar-refractivity contribution is 5.80. The van der Waals surface area contributed by atoms with Crippen molar-refractivity contribution >= 4 is 12.0 Å². The minimum atomic E-state index is -1.43. The number of hydrogen-bond acceptors (Lipinski definition) is 4. The molecule has 1 aliphatic heterocycles. The van der Waals surface area contributed by atoms with E-state index in [1.54, 1.807) is 25.9 Å². The van der Waals surface area contributed by atoms with Gasteiger partial charge >= 0.3 is 12.0 Å². The van der Waals surface area contributed by atoms with Crippen molar-refractivity contribution in [1.29, 1.82) is 0 Å². The van der Waals surface area contributed by atoms with Crippen molar-refractivity contribution in [2.45, 2.75) is 25.4 Å². The summed E-state index contributed by atoms with van der Waals surface area (Å²) in [6.07, 6.45) is 0.455. The molecule has 1 aliphatic rings. The first kappa shape index (κ1) is 13.8. The molecule has 1 fully saturated rings. The molecule has 0 unspecified atom stereocenters. The third kappa shape index (κ3) is 3.09. The normalized spacial score (nSPS) is 18.7. The largest absolute Gasteiger partial charge is 0.464 e. The number of hydrogen-bond donors (Lipinski definition) is 1. The van der Waals surface area contributed by atoms with Crippen LogP contribution in [0.4, 0.5) is 4.79 Å². The van der Waals surface area contributed by atoms with Crippen LogP contribution >= 0.6 is 0 Å². The van der Waals surface area contributed by atoms with Crippen molar-refractivity contribution in [3.8, 4) is 0 Å². The molecule has 0 aliphatic carbocycles. The molecule has 0 radical (unpaired) electrons. The van der Waals surface area contributed by atoms with E-state index in [0.29, 0.717) is 13.1 Å². The molecule has 0 aromatic heterocycles. The van der Waals surface area contributed by atoms with Crippen molar-refractivity contribution in [1.82, 2.24) is 9.80 Å². The zero-order chi connectivity index (χ0) is 13.1. The quantitative estimate of drug-likeness (QED) is 0.697. The van der Waals surface area contributed by atoms with Gasteiger partial charge in [0.05, 0.1) is 6.61 Å². The molecule has 0 bridgehead atoms. The molecule has 0 aromatic carbocycles. The summed E-state index contributed by atoms with van der Waals surface area (Å²) in [4.78, 5) is 26.3. The first-order valence-electron chi connectivity index (χ1n) is 5.76. The number of esters is 1. The van der Waals surface area contributed by atoms with Gasteiger partial charge in [0, 0.05) is 40.0 Å². The number of piperidine rings is 1. The van der Waals surface area contributed by atoms with Gasteiger partial charge in [-0.05, 0) is 6.92 Å². The molecule has 2 amide bonds. The van der Waals surface area contributed by atoms with Crippen molar-refractivity contribution in [3.05, 3.63) is 0 Å². The van der Waals surface area contributed by atoms with Crippen LogP contribution in [0.5, 0.6) is 0 Å². The van der Waals surface area contributed by atoms with Gasteiger partial charge in [0.25, 0.3) is 0 Å². The number of carbonyl (C=O) groups excluding carboxylic acids is 2. The summed E-state index contributed by atoms with van der Waals surface area (Å²) in [6.45, 7) is 2.69. The summed E-state index contributed by atoms with van der Waals surface area (Å²) in [5.74, 6) is -0.586. The second-order valence-electron chi connectivity index (χ2n) is 4.42. The Kier molecular flexibility index (Phi) is 4.34. The van der Waals surface area contributed by atoms with Crippen LogP contribution in [0.2, 0.25) is 0 Å². The van der Waals surface area contributed by atoms with Gasteiger partial charge in [0.15, 0.2) is 5.60 Å². The highest BCUT2D eigenvalue weighted by atomic mass is 16.5.